The summed E-state index contributed by atoms with van der Waals surface area (Å²) >= 11 is 0. The molecule has 0 aliphatic heterocycles. The van der Waals surface area contributed by atoms with Crippen molar-refractivity contribution in [3.63, 3.8) is 0 Å². The van der Waals surface area contributed by atoms with Crippen LogP contribution in [0.4, 0.5) is 0 Å². The molecular formula is C13H23NO3. The molecule has 17 heavy (non-hydrogen) atoms. The zero-order valence-corrected chi connectivity index (χ0v) is 10.7. The first-order valence-electron chi connectivity index (χ1n) is 6.59. The van der Waals surface area contributed by atoms with Crippen LogP contribution >= 0.6 is 0 Å². The van der Waals surface area contributed by atoms with E-state index in [1.54, 1.807) is 0 Å². The Bertz CT molecular complexity index is 272. The summed E-state index contributed by atoms with van der Waals surface area (Å²) in [7, 11) is 0. The van der Waals surface area contributed by atoms with Gasteiger partial charge in [-0.15, -0.1) is 0 Å². The number of rotatable bonds is 5. The number of carbonyl (C=O) groups is 2. The molecule has 0 heterocycles. The van der Waals surface area contributed by atoms with E-state index in [9.17, 15) is 9.59 Å². The maximum Gasteiger partial charge on any atom is 0.326 e. The maximum atomic E-state index is 12.0. The van der Waals surface area contributed by atoms with Gasteiger partial charge in [0.15, 0.2) is 0 Å². The van der Waals surface area contributed by atoms with E-state index in [1.165, 1.54) is 6.42 Å². The van der Waals surface area contributed by atoms with Gasteiger partial charge in [0.05, 0.1) is 0 Å². The zero-order chi connectivity index (χ0) is 12.8. The van der Waals surface area contributed by atoms with Gasteiger partial charge in [0.2, 0.25) is 5.91 Å². The van der Waals surface area contributed by atoms with Gasteiger partial charge in [-0.25, -0.2) is 4.79 Å². The van der Waals surface area contributed by atoms with Crippen molar-refractivity contribution >= 4 is 11.9 Å². The van der Waals surface area contributed by atoms with Gasteiger partial charge in [0.25, 0.3) is 0 Å². The lowest BCUT2D eigenvalue weighted by Gasteiger charge is -2.25. The average molecular weight is 241 g/mol. The van der Waals surface area contributed by atoms with Crippen molar-refractivity contribution in [2.24, 2.45) is 11.8 Å². The average Bonchev–Trinajstić information content (AvgIpc) is 2.35. The molecule has 1 aliphatic carbocycles. The van der Waals surface area contributed by atoms with E-state index in [-0.39, 0.29) is 17.7 Å². The molecule has 1 saturated carbocycles. The lowest BCUT2D eigenvalue weighted by molar-refractivity contribution is -0.144. The first-order chi connectivity index (χ1) is 8.06. The van der Waals surface area contributed by atoms with Crippen LogP contribution in [0.3, 0.4) is 0 Å². The standard InChI is InChI=1S/C13H23NO3/c1-3-9(2)11(13(16)17)14-12(15)10-7-5-4-6-8-10/h9-11H,3-8H2,1-2H3,(H,14,15)(H,16,17)/t9-,11+/m0/s1. The minimum Gasteiger partial charge on any atom is -0.480 e. The number of carboxylic acid groups (broad SMARTS) is 1. The molecule has 4 heteroatoms. The van der Waals surface area contributed by atoms with E-state index in [1.807, 2.05) is 13.8 Å². The van der Waals surface area contributed by atoms with Crippen LogP contribution < -0.4 is 5.32 Å². The first kappa shape index (κ1) is 14.0. The van der Waals surface area contributed by atoms with Gasteiger partial charge in [0.1, 0.15) is 6.04 Å². The molecule has 0 radical (unpaired) electrons. The van der Waals surface area contributed by atoms with Crippen molar-refractivity contribution in [1.29, 1.82) is 0 Å². The smallest absolute Gasteiger partial charge is 0.326 e. The molecular weight excluding hydrogens is 218 g/mol. The lowest BCUT2D eigenvalue weighted by atomic mass is 9.88. The lowest BCUT2D eigenvalue weighted by Crippen LogP contribution is -2.47. The number of hydrogen-bond acceptors (Lipinski definition) is 2. The second kappa shape index (κ2) is 6.62. The van der Waals surface area contributed by atoms with E-state index < -0.39 is 12.0 Å². The molecule has 0 bridgehead atoms. The molecule has 1 amide bonds. The molecule has 98 valence electrons. The van der Waals surface area contributed by atoms with Crippen LogP contribution in [-0.4, -0.2) is 23.0 Å². The maximum absolute atomic E-state index is 12.0. The summed E-state index contributed by atoms with van der Waals surface area (Å²) in [5.41, 5.74) is 0. The topological polar surface area (TPSA) is 66.4 Å². The Morgan fingerprint density at radius 2 is 1.88 bits per heavy atom. The van der Waals surface area contributed by atoms with Gasteiger partial charge in [-0.05, 0) is 18.8 Å². The highest BCUT2D eigenvalue weighted by Crippen LogP contribution is 2.24. The van der Waals surface area contributed by atoms with Gasteiger partial charge < -0.3 is 10.4 Å². The van der Waals surface area contributed by atoms with Crippen LogP contribution in [0.1, 0.15) is 52.4 Å². The van der Waals surface area contributed by atoms with Gasteiger partial charge in [-0.2, -0.15) is 0 Å². The van der Waals surface area contributed by atoms with Gasteiger partial charge in [-0.3, -0.25) is 4.79 Å². The highest BCUT2D eigenvalue weighted by molar-refractivity contribution is 5.85. The normalized spacial score (nSPS) is 20.6. The third kappa shape index (κ3) is 4.02. The van der Waals surface area contributed by atoms with Crippen LogP contribution in [0.15, 0.2) is 0 Å². The Labute approximate surface area is 103 Å². The van der Waals surface area contributed by atoms with Crippen molar-refractivity contribution in [2.45, 2.75) is 58.4 Å². The number of amides is 1. The Hall–Kier alpha value is -1.06. The number of carboxylic acids is 1. The first-order valence-corrected chi connectivity index (χ1v) is 6.59. The van der Waals surface area contributed by atoms with Crippen molar-refractivity contribution < 1.29 is 14.7 Å². The largest absolute Gasteiger partial charge is 0.480 e. The predicted molar refractivity (Wildman–Crippen MR) is 65.6 cm³/mol. The van der Waals surface area contributed by atoms with Crippen LogP contribution in [0, 0.1) is 11.8 Å². The molecule has 2 atom stereocenters. The molecule has 1 aliphatic rings. The fraction of sp³-hybridized carbons (Fsp3) is 0.846. The highest BCUT2D eigenvalue weighted by atomic mass is 16.4. The number of nitrogens with one attached hydrogen (secondary N) is 1. The molecule has 2 N–H and O–H groups in total. The number of carbonyl (C=O) groups excluding carboxylic acids is 1. The van der Waals surface area contributed by atoms with E-state index >= 15 is 0 Å². The quantitative estimate of drug-likeness (QED) is 0.775. The predicted octanol–water partition coefficient (Wildman–Crippen LogP) is 2.18. The molecule has 4 nitrogen and oxygen atoms in total. The van der Waals surface area contributed by atoms with E-state index in [4.69, 9.17) is 5.11 Å². The minimum atomic E-state index is -0.927. The van der Waals surface area contributed by atoms with Gasteiger partial charge in [-0.1, -0.05) is 39.5 Å². The summed E-state index contributed by atoms with van der Waals surface area (Å²) in [6.45, 7) is 3.80. The van der Waals surface area contributed by atoms with Crippen LogP contribution in [0.25, 0.3) is 0 Å². The van der Waals surface area contributed by atoms with E-state index in [2.05, 4.69) is 5.32 Å². The zero-order valence-electron chi connectivity index (χ0n) is 10.7. The molecule has 0 unspecified atom stereocenters. The van der Waals surface area contributed by atoms with E-state index in [0.29, 0.717) is 0 Å². The van der Waals surface area contributed by atoms with Crippen molar-refractivity contribution in [3.8, 4) is 0 Å². The third-order valence-corrected chi connectivity index (χ3v) is 3.75. The summed E-state index contributed by atoms with van der Waals surface area (Å²) in [5.74, 6) is -1.00. The molecule has 1 fully saturated rings. The monoisotopic (exact) mass is 241 g/mol. The van der Waals surface area contributed by atoms with Gasteiger partial charge >= 0.3 is 5.97 Å². The molecule has 0 saturated heterocycles. The van der Waals surface area contributed by atoms with Crippen LogP contribution in [0.5, 0.6) is 0 Å². The summed E-state index contributed by atoms with van der Waals surface area (Å²) in [5, 5.41) is 11.8. The van der Waals surface area contributed by atoms with Crippen molar-refractivity contribution in [3.05, 3.63) is 0 Å². The molecule has 1 rings (SSSR count). The SMILES string of the molecule is CC[C@H](C)[C@@H](NC(=O)C1CCCCC1)C(=O)O. The fourth-order valence-electron chi connectivity index (χ4n) is 2.32. The molecule has 0 aromatic heterocycles. The Balaban J connectivity index is 2.53. The Morgan fingerprint density at radius 3 is 2.35 bits per heavy atom. The third-order valence-electron chi connectivity index (χ3n) is 3.75. The fourth-order valence-corrected chi connectivity index (χ4v) is 2.32. The number of aliphatic carboxylic acids is 1. The molecule has 0 spiro atoms. The number of hydrogen-bond donors (Lipinski definition) is 2. The summed E-state index contributed by atoms with van der Waals surface area (Å²) in [6.07, 6.45) is 5.91. The second-order valence-electron chi connectivity index (χ2n) is 5.04. The highest BCUT2D eigenvalue weighted by Gasteiger charge is 2.29. The molecule has 0 aromatic rings. The van der Waals surface area contributed by atoms with Crippen molar-refractivity contribution in [1.82, 2.24) is 5.32 Å². The van der Waals surface area contributed by atoms with Crippen LogP contribution in [0.2, 0.25) is 0 Å². The van der Waals surface area contributed by atoms with Gasteiger partial charge in [0, 0.05) is 5.92 Å². The summed E-state index contributed by atoms with van der Waals surface area (Å²) in [6, 6.07) is -0.741. The summed E-state index contributed by atoms with van der Waals surface area (Å²) in [4.78, 5) is 23.1. The Kier molecular flexibility index (Phi) is 5.45. The Morgan fingerprint density at radius 1 is 1.29 bits per heavy atom. The van der Waals surface area contributed by atoms with Crippen LogP contribution in [-0.2, 0) is 9.59 Å². The van der Waals surface area contributed by atoms with Crippen molar-refractivity contribution in [2.75, 3.05) is 0 Å². The summed E-state index contributed by atoms with van der Waals surface area (Å²) < 4.78 is 0. The van der Waals surface area contributed by atoms with E-state index in [0.717, 1.165) is 32.1 Å². The minimum absolute atomic E-state index is 0.0228. The molecule has 0 aromatic carbocycles. The second-order valence-corrected chi connectivity index (χ2v) is 5.04.